The molecule has 0 saturated carbocycles. The Labute approximate surface area is 264 Å². The first-order valence-electron chi connectivity index (χ1n) is 13.9. The summed E-state index contributed by atoms with van der Waals surface area (Å²) in [7, 11) is 0. The number of hydrogen-bond acceptors (Lipinski definition) is 6. The van der Waals surface area contributed by atoms with Gasteiger partial charge in [0, 0.05) is 32.2 Å². The summed E-state index contributed by atoms with van der Waals surface area (Å²) in [6, 6.07) is 18.7. The van der Waals surface area contributed by atoms with Crippen molar-refractivity contribution in [1.29, 1.82) is 0 Å². The standard InChI is InChI=1S/C32H33BrClN5O2S/c1-5-6-16-42-32-37-31-35-21(4)28(30(40)36-26-9-7-8-19(2)20(26)3)29(39(31)38-32)25-17-23(33)12-15-27(25)41-18-22-10-13-24(34)14-11-22/h7-15,17,29H,5-6,16,18H2,1-4H3,(H,36,40)(H,35,37,38). The number of rotatable bonds is 10. The molecule has 1 unspecified atom stereocenters. The van der Waals surface area contributed by atoms with E-state index in [4.69, 9.17) is 26.4 Å². The van der Waals surface area contributed by atoms with Crippen LogP contribution in [0.3, 0.4) is 0 Å². The van der Waals surface area contributed by atoms with Crippen molar-refractivity contribution in [3.8, 4) is 5.75 Å². The maximum absolute atomic E-state index is 14.1. The summed E-state index contributed by atoms with van der Waals surface area (Å²) in [5.74, 6) is 1.93. The van der Waals surface area contributed by atoms with Crippen molar-refractivity contribution in [2.24, 2.45) is 0 Å². The molecule has 42 heavy (non-hydrogen) atoms. The molecule has 0 radical (unpaired) electrons. The van der Waals surface area contributed by atoms with E-state index in [2.05, 4.69) is 33.5 Å². The number of thioether (sulfide) groups is 1. The van der Waals surface area contributed by atoms with Crippen LogP contribution in [-0.4, -0.2) is 26.4 Å². The van der Waals surface area contributed by atoms with Crippen LogP contribution in [0.25, 0.3) is 0 Å². The van der Waals surface area contributed by atoms with Crippen LogP contribution >= 0.6 is 39.3 Å². The normalized spacial score (nSPS) is 14.4. The van der Waals surface area contributed by atoms with E-state index < -0.39 is 6.04 Å². The highest BCUT2D eigenvalue weighted by atomic mass is 79.9. The molecule has 3 aromatic carbocycles. The predicted molar refractivity (Wildman–Crippen MR) is 175 cm³/mol. The minimum Gasteiger partial charge on any atom is -0.489 e. The van der Waals surface area contributed by atoms with Gasteiger partial charge in [-0.3, -0.25) is 4.79 Å². The minimum absolute atomic E-state index is 0.219. The van der Waals surface area contributed by atoms with E-state index in [0.29, 0.717) is 39.8 Å². The van der Waals surface area contributed by atoms with Crippen molar-refractivity contribution in [1.82, 2.24) is 14.8 Å². The van der Waals surface area contributed by atoms with Gasteiger partial charge in [-0.25, -0.2) is 4.68 Å². The molecule has 2 heterocycles. The van der Waals surface area contributed by atoms with Crippen molar-refractivity contribution in [2.45, 2.75) is 58.3 Å². The Morgan fingerprint density at radius 3 is 2.69 bits per heavy atom. The van der Waals surface area contributed by atoms with Gasteiger partial charge < -0.3 is 15.4 Å². The van der Waals surface area contributed by atoms with E-state index in [9.17, 15) is 4.79 Å². The van der Waals surface area contributed by atoms with Crippen LogP contribution < -0.4 is 15.4 Å². The number of benzene rings is 3. The lowest BCUT2D eigenvalue weighted by molar-refractivity contribution is -0.113. The number of unbranched alkanes of at least 4 members (excludes halogenated alkanes) is 1. The quantitative estimate of drug-likeness (QED) is 0.130. The summed E-state index contributed by atoms with van der Waals surface area (Å²) < 4.78 is 9.05. The highest BCUT2D eigenvalue weighted by Gasteiger charge is 2.36. The van der Waals surface area contributed by atoms with Crippen LogP contribution in [0, 0.1) is 13.8 Å². The number of allylic oxidation sites excluding steroid dienone is 1. The molecule has 1 aliphatic rings. The number of ether oxygens (including phenoxy) is 1. The van der Waals surface area contributed by atoms with E-state index in [1.165, 1.54) is 0 Å². The Morgan fingerprint density at radius 1 is 1.14 bits per heavy atom. The number of carbonyl (C=O) groups excluding carboxylic acids is 1. The molecule has 7 nitrogen and oxygen atoms in total. The summed E-state index contributed by atoms with van der Waals surface area (Å²) in [6.07, 6.45) is 2.16. The monoisotopic (exact) mass is 665 g/mol. The predicted octanol–water partition coefficient (Wildman–Crippen LogP) is 8.71. The summed E-state index contributed by atoms with van der Waals surface area (Å²) >= 11 is 11.3. The first kappa shape index (κ1) is 30.2. The van der Waals surface area contributed by atoms with Crippen molar-refractivity contribution >= 4 is 56.8 Å². The second-order valence-electron chi connectivity index (χ2n) is 10.2. The number of amides is 1. The highest BCUT2D eigenvalue weighted by molar-refractivity contribution is 9.10. The van der Waals surface area contributed by atoms with E-state index in [1.54, 1.807) is 16.4 Å². The molecule has 1 aliphatic heterocycles. The molecule has 2 N–H and O–H groups in total. The van der Waals surface area contributed by atoms with Gasteiger partial charge in [-0.15, -0.1) is 5.10 Å². The van der Waals surface area contributed by atoms with Gasteiger partial charge in [0.05, 0.1) is 5.57 Å². The number of halogens is 2. The first-order valence-corrected chi connectivity index (χ1v) is 16.0. The number of fused-ring (bicyclic) bond motifs is 1. The van der Waals surface area contributed by atoms with Crippen LogP contribution in [0.2, 0.25) is 5.02 Å². The zero-order valence-electron chi connectivity index (χ0n) is 24.0. The lowest BCUT2D eigenvalue weighted by atomic mass is 9.94. The fraction of sp³-hybridized carbons (Fsp3) is 0.281. The van der Waals surface area contributed by atoms with Gasteiger partial charge in [0.25, 0.3) is 5.91 Å². The summed E-state index contributed by atoms with van der Waals surface area (Å²) in [5, 5.41) is 12.7. The number of aryl methyl sites for hydroxylation is 1. The molecule has 1 atom stereocenters. The SMILES string of the molecule is CCCCSc1nc2n(n1)C(c1cc(Br)ccc1OCc1ccc(Cl)cc1)C(C(=O)Nc1cccc(C)c1C)=C(C)N2. The molecule has 0 saturated heterocycles. The maximum atomic E-state index is 14.1. The Kier molecular flexibility index (Phi) is 9.60. The Bertz CT molecular complexity index is 1640. The Hall–Kier alpha value is -3.27. The van der Waals surface area contributed by atoms with E-state index in [-0.39, 0.29) is 5.91 Å². The van der Waals surface area contributed by atoms with Crippen molar-refractivity contribution in [3.05, 3.63) is 104 Å². The lowest BCUT2D eigenvalue weighted by Gasteiger charge is -2.30. The number of aromatic nitrogens is 3. The Balaban J connectivity index is 1.57. The fourth-order valence-electron chi connectivity index (χ4n) is 4.76. The molecule has 0 fully saturated rings. The van der Waals surface area contributed by atoms with Crippen molar-refractivity contribution in [3.63, 3.8) is 0 Å². The second-order valence-corrected chi connectivity index (χ2v) is 12.6. The third kappa shape index (κ3) is 6.69. The summed E-state index contributed by atoms with van der Waals surface area (Å²) in [6.45, 7) is 8.45. The van der Waals surface area contributed by atoms with Crippen molar-refractivity contribution in [2.75, 3.05) is 16.4 Å². The van der Waals surface area contributed by atoms with Crippen LogP contribution in [0.1, 0.15) is 55.0 Å². The summed E-state index contributed by atoms with van der Waals surface area (Å²) in [5.41, 5.74) is 5.91. The second kappa shape index (κ2) is 13.4. The Morgan fingerprint density at radius 2 is 1.93 bits per heavy atom. The smallest absolute Gasteiger partial charge is 0.255 e. The van der Waals surface area contributed by atoms with Crippen LogP contribution in [-0.2, 0) is 11.4 Å². The average Bonchev–Trinajstić information content (AvgIpc) is 3.37. The van der Waals surface area contributed by atoms with Gasteiger partial charge in [-0.2, -0.15) is 4.98 Å². The van der Waals surface area contributed by atoms with E-state index in [0.717, 1.165) is 51.0 Å². The number of nitrogens with zero attached hydrogens (tertiary/aromatic N) is 3. The van der Waals surface area contributed by atoms with Gasteiger partial charge >= 0.3 is 0 Å². The number of nitrogens with one attached hydrogen (secondary N) is 2. The van der Waals surface area contributed by atoms with E-state index >= 15 is 0 Å². The molecule has 1 aromatic heterocycles. The number of anilines is 2. The fourth-order valence-corrected chi connectivity index (χ4v) is 6.18. The first-order chi connectivity index (χ1) is 20.2. The molecule has 0 aliphatic carbocycles. The van der Waals surface area contributed by atoms with Crippen molar-refractivity contribution < 1.29 is 9.53 Å². The van der Waals surface area contributed by atoms with Gasteiger partial charge in [0.15, 0.2) is 0 Å². The largest absolute Gasteiger partial charge is 0.489 e. The van der Waals surface area contributed by atoms with Gasteiger partial charge in [-0.1, -0.05) is 76.9 Å². The molecule has 4 aromatic rings. The zero-order valence-corrected chi connectivity index (χ0v) is 27.2. The van der Waals surface area contributed by atoms with Gasteiger partial charge in [-0.05, 0) is 80.3 Å². The number of carbonyl (C=O) groups is 1. The topological polar surface area (TPSA) is 81.1 Å². The van der Waals surface area contributed by atoms with Gasteiger partial charge in [0.2, 0.25) is 11.1 Å². The third-order valence-corrected chi connectivity index (χ3v) is 8.90. The third-order valence-electron chi connectivity index (χ3n) is 7.23. The molecule has 10 heteroatoms. The lowest BCUT2D eigenvalue weighted by Crippen LogP contribution is -2.32. The molecule has 5 rings (SSSR count). The van der Waals surface area contributed by atoms with Crippen LogP contribution in [0.5, 0.6) is 5.75 Å². The number of hydrogen-bond donors (Lipinski definition) is 2. The molecular weight excluding hydrogens is 634 g/mol. The van der Waals surface area contributed by atoms with E-state index in [1.807, 2.05) is 81.4 Å². The average molecular weight is 667 g/mol. The molecule has 0 bridgehead atoms. The maximum Gasteiger partial charge on any atom is 0.255 e. The highest BCUT2D eigenvalue weighted by Crippen LogP contribution is 2.41. The van der Waals surface area contributed by atoms with Crippen LogP contribution in [0.15, 0.2) is 81.6 Å². The van der Waals surface area contributed by atoms with Crippen LogP contribution in [0.4, 0.5) is 11.6 Å². The summed E-state index contributed by atoms with van der Waals surface area (Å²) in [4.78, 5) is 18.9. The molecule has 218 valence electrons. The van der Waals surface area contributed by atoms with Gasteiger partial charge in [0.1, 0.15) is 18.4 Å². The zero-order chi connectivity index (χ0) is 29.8. The molecular formula is C32H33BrClN5O2S. The minimum atomic E-state index is -0.586. The molecule has 1 amide bonds. The molecule has 0 spiro atoms.